The van der Waals surface area contributed by atoms with Crippen molar-refractivity contribution in [3.05, 3.63) is 77.2 Å². The van der Waals surface area contributed by atoms with Crippen molar-refractivity contribution in [3.8, 4) is 0 Å². The fourth-order valence-corrected chi connectivity index (χ4v) is 4.26. The lowest BCUT2D eigenvalue weighted by Gasteiger charge is -2.24. The molecular formula is C29H37N5O4S. The highest BCUT2D eigenvalue weighted by Gasteiger charge is 2.18. The number of benzene rings is 2. The first-order chi connectivity index (χ1) is 18.5. The molecule has 208 valence electrons. The van der Waals surface area contributed by atoms with Gasteiger partial charge < -0.3 is 19.9 Å². The second-order valence-corrected chi connectivity index (χ2v) is 11.3. The number of urea groups is 1. The second kappa shape index (κ2) is 13.8. The molecule has 3 aromatic rings. The molecule has 0 bridgehead atoms. The van der Waals surface area contributed by atoms with Gasteiger partial charge in [0, 0.05) is 18.7 Å². The zero-order valence-corrected chi connectivity index (χ0v) is 23.9. The Bertz CT molecular complexity index is 1240. The van der Waals surface area contributed by atoms with Crippen LogP contribution in [0.25, 0.3) is 0 Å². The van der Waals surface area contributed by atoms with Crippen LogP contribution in [0.1, 0.15) is 43.1 Å². The third-order valence-electron chi connectivity index (χ3n) is 5.47. The number of thiophene rings is 1. The molecule has 0 saturated heterocycles. The van der Waals surface area contributed by atoms with E-state index in [0.717, 1.165) is 23.5 Å². The van der Waals surface area contributed by atoms with E-state index in [4.69, 9.17) is 4.74 Å². The zero-order valence-electron chi connectivity index (χ0n) is 23.1. The van der Waals surface area contributed by atoms with Crippen LogP contribution >= 0.6 is 11.3 Å². The fraction of sp³-hybridized carbons (Fsp3) is 0.345. The summed E-state index contributed by atoms with van der Waals surface area (Å²) in [5, 5.41) is 11.2. The van der Waals surface area contributed by atoms with E-state index in [2.05, 4.69) is 20.9 Å². The number of carbonyl (C=O) groups excluding carboxylic acids is 3. The molecule has 2 aromatic carbocycles. The van der Waals surface area contributed by atoms with Gasteiger partial charge in [0.25, 0.3) is 5.91 Å². The number of hydrogen-bond acceptors (Lipinski definition) is 6. The van der Waals surface area contributed by atoms with Crippen LogP contribution in [0.5, 0.6) is 0 Å². The fourth-order valence-electron chi connectivity index (χ4n) is 3.66. The summed E-state index contributed by atoms with van der Waals surface area (Å²) in [6, 6.07) is 17.7. The van der Waals surface area contributed by atoms with Crippen LogP contribution in [0.4, 0.5) is 26.0 Å². The monoisotopic (exact) mass is 551 g/mol. The molecular weight excluding hydrogens is 514 g/mol. The summed E-state index contributed by atoms with van der Waals surface area (Å²) < 4.78 is 5.32. The Morgan fingerprint density at radius 1 is 0.846 bits per heavy atom. The Morgan fingerprint density at radius 3 is 2.10 bits per heavy atom. The van der Waals surface area contributed by atoms with Crippen LogP contribution in [-0.4, -0.2) is 60.6 Å². The molecule has 0 aliphatic rings. The number of amides is 4. The van der Waals surface area contributed by atoms with E-state index in [1.54, 1.807) is 62.1 Å². The summed E-state index contributed by atoms with van der Waals surface area (Å²) in [5.74, 6) is -0.321. The van der Waals surface area contributed by atoms with E-state index in [-0.39, 0.29) is 11.9 Å². The minimum atomic E-state index is -0.642. The Kier molecular flexibility index (Phi) is 10.5. The van der Waals surface area contributed by atoms with Crippen molar-refractivity contribution in [3.63, 3.8) is 0 Å². The normalized spacial score (nSPS) is 11.1. The Morgan fingerprint density at radius 2 is 1.51 bits per heavy atom. The molecule has 0 radical (unpaired) electrons. The van der Waals surface area contributed by atoms with Gasteiger partial charge in [-0.15, -0.1) is 11.3 Å². The van der Waals surface area contributed by atoms with Crippen LogP contribution in [0.15, 0.2) is 66.0 Å². The van der Waals surface area contributed by atoms with E-state index in [1.807, 2.05) is 43.7 Å². The Hall–Kier alpha value is -3.89. The van der Waals surface area contributed by atoms with Gasteiger partial charge in [-0.05, 0) is 95.2 Å². The van der Waals surface area contributed by atoms with Gasteiger partial charge >= 0.3 is 12.1 Å². The van der Waals surface area contributed by atoms with Crippen LogP contribution in [-0.2, 0) is 11.3 Å². The number of nitrogens with zero attached hydrogens (tertiary/aromatic N) is 2. The van der Waals surface area contributed by atoms with Crippen LogP contribution in [0.3, 0.4) is 0 Å². The molecule has 1 aromatic heterocycles. The lowest BCUT2D eigenvalue weighted by atomic mass is 10.1. The van der Waals surface area contributed by atoms with E-state index < -0.39 is 11.7 Å². The molecule has 4 amide bonds. The first kappa shape index (κ1) is 29.7. The third kappa shape index (κ3) is 10.1. The molecule has 0 saturated carbocycles. The number of hydrogen-bond donors (Lipinski definition) is 3. The standard InChI is InChI=1S/C29H37N5O4S/c1-29(2,3)38-28(37)31-24-11-7-6-10-23(24)30-26(35)22-15-13-21(14-16-22)20-34(18-9-17-33(4)5)27(36)32-25-12-8-19-39-25/h6-8,10-16,19H,9,17-18,20H2,1-5H3,(H,30,35)(H,31,37)(H,32,36). The summed E-state index contributed by atoms with van der Waals surface area (Å²) in [6.45, 7) is 7.22. The highest BCUT2D eigenvalue weighted by molar-refractivity contribution is 7.14. The van der Waals surface area contributed by atoms with Crippen molar-refractivity contribution in [2.45, 2.75) is 39.3 Å². The van der Waals surface area contributed by atoms with E-state index in [9.17, 15) is 14.4 Å². The van der Waals surface area contributed by atoms with E-state index in [1.165, 1.54) is 11.3 Å². The summed E-state index contributed by atoms with van der Waals surface area (Å²) >= 11 is 1.47. The van der Waals surface area contributed by atoms with Crippen molar-refractivity contribution >= 4 is 45.7 Å². The molecule has 1 heterocycles. The Balaban J connectivity index is 1.65. The van der Waals surface area contributed by atoms with Crippen LogP contribution < -0.4 is 16.0 Å². The summed E-state index contributed by atoms with van der Waals surface area (Å²) in [4.78, 5) is 42.0. The molecule has 3 N–H and O–H groups in total. The number of carbonyl (C=O) groups is 3. The van der Waals surface area contributed by atoms with Crippen molar-refractivity contribution in [1.29, 1.82) is 0 Å². The van der Waals surface area contributed by atoms with Gasteiger partial charge in [0.05, 0.1) is 16.4 Å². The minimum absolute atomic E-state index is 0.160. The quantitative estimate of drug-likeness (QED) is 0.273. The molecule has 0 spiro atoms. The molecule has 10 heteroatoms. The van der Waals surface area contributed by atoms with Gasteiger partial charge in [0.1, 0.15) is 5.60 Å². The molecule has 0 atom stereocenters. The Labute approximate surface area is 234 Å². The average molecular weight is 552 g/mol. The number of para-hydroxylation sites is 2. The van der Waals surface area contributed by atoms with Gasteiger partial charge in [0.2, 0.25) is 0 Å². The lowest BCUT2D eigenvalue weighted by Crippen LogP contribution is -2.36. The largest absolute Gasteiger partial charge is 0.444 e. The first-order valence-corrected chi connectivity index (χ1v) is 13.6. The van der Waals surface area contributed by atoms with Crippen molar-refractivity contribution in [2.24, 2.45) is 0 Å². The average Bonchev–Trinajstić information content (AvgIpc) is 3.36. The maximum Gasteiger partial charge on any atom is 0.412 e. The molecule has 0 fully saturated rings. The topological polar surface area (TPSA) is 103 Å². The minimum Gasteiger partial charge on any atom is -0.444 e. The zero-order chi connectivity index (χ0) is 28.4. The van der Waals surface area contributed by atoms with E-state index in [0.29, 0.717) is 30.0 Å². The maximum atomic E-state index is 13.0. The highest BCUT2D eigenvalue weighted by Crippen LogP contribution is 2.23. The van der Waals surface area contributed by atoms with Gasteiger partial charge in [0.15, 0.2) is 0 Å². The molecule has 39 heavy (non-hydrogen) atoms. The predicted octanol–water partition coefficient (Wildman–Crippen LogP) is 6.33. The van der Waals surface area contributed by atoms with Gasteiger partial charge in [-0.3, -0.25) is 15.4 Å². The maximum absolute atomic E-state index is 13.0. The molecule has 3 rings (SSSR count). The second-order valence-electron chi connectivity index (χ2n) is 10.3. The van der Waals surface area contributed by atoms with Crippen molar-refractivity contribution < 1.29 is 19.1 Å². The summed E-state index contributed by atoms with van der Waals surface area (Å²) in [6.07, 6.45) is 0.231. The molecule has 0 unspecified atom stereocenters. The van der Waals surface area contributed by atoms with Crippen LogP contribution in [0.2, 0.25) is 0 Å². The molecule has 0 aliphatic carbocycles. The summed E-state index contributed by atoms with van der Waals surface area (Å²) in [7, 11) is 4.01. The van der Waals surface area contributed by atoms with E-state index >= 15 is 0 Å². The van der Waals surface area contributed by atoms with Gasteiger partial charge in [-0.2, -0.15) is 0 Å². The predicted molar refractivity (Wildman–Crippen MR) is 158 cm³/mol. The smallest absolute Gasteiger partial charge is 0.412 e. The highest BCUT2D eigenvalue weighted by atomic mass is 32.1. The number of rotatable bonds is 10. The van der Waals surface area contributed by atoms with Gasteiger partial charge in [-0.25, -0.2) is 9.59 Å². The van der Waals surface area contributed by atoms with Crippen LogP contribution in [0, 0.1) is 0 Å². The molecule has 0 aliphatic heterocycles. The number of ether oxygens (including phenoxy) is 1. The summed E-state index contributed by atoms with van der Waals surface area (Å²) in [5.41, 5.74) is 1.60. The molecule has 9 nitrogen and oxygen atoms in total. The number of nitrogens with one attached hydrogen (secondary N) is 3. The van der Waals surface area contributed by atoms with Crippen molar-refractivity contribution in [1.82, 2.24) is 9.80 Å². The third-order valence-corrected chi connectivity index (χ3v) is 6.26. The SMILES string of the molecule is CN(C)CCCN(Cc1ccc(C(=O)Nc2ccccc2NC(=O)OC(C)(C)C)cc1)C(=O)Nc1cccs1. The first-order valence-electron chi connectivity index (χ1n) is 12.7. The lowest BCUT2D eigenvalue weighted by molar-refractivity contribution is 0.0635. The van der Waals surface area contributed by atoms with Gasteiger partial charge in [-0.1, -0.05) is 24.3 Å². The van der Waals surface area contributed by atoms with Crippen molar-refractivity contribution in [2.75, 3.05) is 43.1 Å². The number of anilines is 3.